The predicted octanol–water partition coefficient (Wildman–Crippen LogP) is 7.06. The van der Waals surface area contributed by atoms with Gasteiger partial charge in [0.25, 0.3) is 0 Å². The first-order valence-electron chi connectivity index (χ1n) is 9.61. The molecular weight excluding hydrogens is 256 g/mol. The minimum Gasteiger partial charge on any atom is -0.378 e. The fraction of sp³-hybridized carbons (Fsp3) is 0.900. The molecule has 1 atom stereocenters. The maximum atomic E-state index is 5.82. The highest BCUT2D eigenvalue weighted by Gasteiger charge is 2.04. The molecule has 1 heteroatoms. The summed E-state index contributed by atoms with van der Waals surface area (Å²) in [6.07, 6.45) is 22.4. The predicted molar refractivity (Wildman–Crippen MR) is 95.9 cm³/mol. The van der Waals surface area contributed by atoms with Crippen molar-refractivity contribution < 1.29 is 4.74 Å². The zero-order valence-corrected chi connectivity index (χ0v) is 15.0. The van der Waals surface area contributed by atoms with Gasteiger partial charge in [0, 0.05) is 6.61 Å². The van der Waals surface area contributed by atoms with Crippen LogP contribution in [-0.4, -0.2) is 12.7 Å². The Kier molecular flexibility index (Phi) is 17.5. The van der Waals surface area contributed by atoms with Crippen LogP contribution in [0.1, 0.15) is 104 Å². The van der Waals surface area contributed by atoms with Gasteiger partial charge in [0.1, 0.15) is 0 Å². The maximum Gasteiger partial charge on any atom is 0.0572 e. The number of hydrogen-bond acceptors (Lipinski definition) is 1. The van der Waals surface area contributed by atoms with Gasteiger partial charge in [0.05, 0.1) is 6.10 Å². The standard InChI is InChI=1S/C20H40O/c1-4-7-8-9-10-11-12-13-14-15-16-17-18-20(6-3)21-19-5-2/h13-14,20H,4-12,15-19H2,1-3H3. The normalized spacial score (nSPS) is 13.1. The molecule has 0 heterocycles. The zero-order valence-electron chi connectivity index (χ0n) is 15.0. The summed E-state index contributed by atoms with van der Waals surface area (Å²) in [4.78, 5) is 0. The molecule has 0 aromatic rings. The Morgan fingerprint density at radius 1 is 0.714 bits per heavy atom. The third-order valence-electron chi connectivity index (χ3n) is 4.05. The quantitative estimate of drug-likeness (QED) is 0.219. The van der Waals surface area contributed by atoms with Crippen LogP contribution in [-0.2, 0) is 4.74 Å². The lowest BCUT2D eigenvalue weighted by Gasteiger charge is -2.15. The average molecular weight is 297 g/mol. The lowest BCUT2D eigenvalue weighted by Crippen LogP contribution is -2.12. The third kappa shape index (κ3) is 15.9. The van der Waals surface area contributed by atoms with Gasteiger partial charge in [-0.3, -0.25) is 0 Å². The second-order valence-electron chi connectivity index (χ2n) is 6.21. The third-order valence-corrected chi connectivity index (χ3v) is 4.05. The number of ether oxygens (including phenoxy) is 1. The van der Waals surface area contributed by atoms with Crippen molar-refractivity contribution in [2.75, 3.05) is 6.61 Å². The summed E-state index contributed by atoms with van der Waals surface area (Å²) in [6.45, 7) is 7.63. The van der Waals surface area contributed by atoms with Crippen LogP contribution in [0.25, 0.3) is 0 Å². The van der Waals surface area contributed by atoms with Crippen LogP contribution in [0.4, 0.5) is 0 Å². The topological polar surface area (TPSA) is 9.23 Å². The van der Waals surface area contributed by atoms with E-state index in [2.05, 4.69) is 32.9 Å². The van der Waals surface area contributed by atoms with Gasteiger partial charge in [-0.1, -0.05) is 71.4 Å². The van der Waals surface area contributed by atoms with Crippen LogP contribution in [0.2, 0.25) is 0 Å². The van der Waals surface area contributed by atoms with Gasteiger partial charge in [-0.15, -0.1) is 0 Å². The first-order chi connectivity index (χ1) is 10.3. The van der Waals surface area contributed by atoms with E-state index in [1.165, 1.54) is 70.6 Å². The molecule has 0 rings (SSSR count). The van der Waals surface area contributed by atoms with Gasteiger partial charge in [0.15, 0.2) is 0 Å². The Morgan fingerprint density at radius 2 is 1.33 bits per heavy atom. The molecule has 0 amide bonds. The van der Waals surface area contributed by atoms with E-state index in [0.717, 1.165) is 19.4 Å². The van der Waals surface area contributed by atoms with E-state index in [0.29, 0.717) is 6.10 Å². The van der Waals surface area contributed by atoms with Crippen molar-refractivity contribution >= 4 is 0 Å². The van der Waals surface area contributed by atoms with E-state index < -0.39 is 0 Å². The summed E-state index contributed by atoms with van der Waals surface area (Å²) < 4.78 is 5.82. The SMILES string of the molecule is CCCCCCCCC=CCCCCC(CC)OCCC. The molecule has 0 aliphatic heterocycles. The van der Waals surface area contributed by atoms with Gasteiger partial charge in [0.2, 0.25) is 0 Å². The minimum atomic E-state index is 0.497. The van der Waals surface area contributed by atoms with Crippen molar-refractivity contribution in [2.45, 2.75) is 110 Å². The van der Waals surface area contributed by atoms with Crippen molar-refractivity contribution in [3.05, 3.63) is 12.2 Å². The van der Waals surface area contributed by atoms with Crippen molar-refractivity contribution in [1.82, 2.24) is 0 Å². The van der Waals surface area contributed by atoms with Crippen LogP contribution in [0, 0.1) is 0 Å². The molecule has 1 unspecified atom stereocenters. The molecule has 0 aromatic heterocycles. The van der Waals surface area contributed by atoms with E-state index >= 15 is 0 Å². The highest BCUT2D eigenvalue weighted by molar-refractivity contribution is 4.81. The van der Waals surface area contributed by atoms with Gasteiger partial charge < -0.3 is 4.74 Å². The molecule has 0 aliphatic rings. The highest BCUT2D eigenvalue weighted by Crippen LogP contribution is 2.11. The lowest BCUT2D eigenvalue weighted by molar-refractivity contribution is 0.0437. The molecule has 126 valence electrons. The molecule has 0 aromatic carbocycles. The Balaban J connectivity index is 3.27. The van der Waals surface area contributed by atoms with Crippen LogP contribution in [0.3, 0.4) is 0 Å². The number of hydrogen-bond donors (Lipinski definition) is 0. The largest absolute Gasteiger partial charge is 0.378 e. The van der Waals surface area contributed by atoms with E-state index in [1.807, 2.05) is 0 Å². The fourth-order valence-corrected chi connectivity index (χ4v) is 2.60. The number of rotatable bonds is 16. The van der Waals surface area contributed by atoms with Crippen molar-refractivity contribution in [3.8, 4) is 0 Å². The molecule has 0 spiro atoms. The van der Waals surface area contributed by atoms with Crippen LogP contribution >= 0.6 is 0 Å². The monoisotopic (exact) mass is 296 g/mol. The number of allylic oxidation sites excluding steroid dienone is 2. The number of unbranched alkanes of at least 4 members (excludes halogenated alkanes) is 8. The Morgan fingerprint density at radius 3 is 1.95 bits per heavy atom. The van der Waals surface area contributed by atoms with E-state index in [1.54, 1.807) is 0 Å². The highest BCUT2D eigenvalue weighted by atomic mass is 16.5. The van der Waals surface area contributed by atoms with Gasteiger partial charge in [-0.2, -0.15) is 0 Å². The summed E-state index contributed by atoms with van der Waals surface area (Å²) in [6, 6.07) is 0. The summed E-state index contributed by atoms with van der Waals surface area (Å²) >= 11 is 0. The summed E-state index contributed by atoms with van der Waals surface area (Å²) in [5, 5.41) is 0. The average Bonchev–Trinajstić information content (AvgIpc) is 2.51. The van der Waals surface area contributed by atoms with E-state index in [4.69, 9.17) is 4.74 Å². The van der Waals surface area contributed by atoms with Crippen LogP contribution < -0.4 is 0 Å². The van der Waals surface area contributed by atoms with Crippen molar-refractivity contribution in [2.24, 2.45) is 0 Å². The molecule has 21 heavy (non-hydrogen) atoms. The molecule has 0 radical (unpaired) electrons. The Bertz CT molecular complexity index is 210. The smallest absolute Gasteiger partial charge is 0.0572 e. The molecule has 0 fully saturated rings. The summed E-state index contributed by atoms with van der Waals surface area (Å²) in [5.74, 6) is 0. The first kappa shape index (κ1) is 20.7. The Labute approximate surface area is 134 Å². The molecule has 0 saturated heterocycles. The summed E-state index contributed by atoms with van der Waals surface area (Å²) in [7, 11) is 0. The Hall–Kier alpha value is -0.300. The van der Waals surface area contributed by atoms with Crippen LogP contribution in [0.15, 0.2) is 12.2 Å². The molecular formula is C20H40O. The van der Waals surface area contributed by atoms with Gasteiger partial charge in [-0.25, -0.2) is 0 Å². The van der Waals surface area contributed by atoms with E-state index in [-0.39, 0.29) is 0 Å². The molecule has 0 N–H and O–H groups in total. The minimum absolute atomic E-state index is 0.497. The van der Waals surface area contributed by atoms with Gasteiger partial charge >= 0.3 is 0 Å². The molecule has 0 saturated carbocycles. The van der Waals surface area contributed by atoms with E-state index in [9.17, 15) is 0 Å². The first-order valence-corrected chi connectivity index (χ1v) is 9.61. The van der Waals surface area contributed by atoms with Gasteiger partial charge in [-0.05, 0) is 44.9 Å². The summed E-state index contributed by atoms with van der Waals surface area (Å²) in [5.41, 5.74) is 0. The molecule has 0 aliphatic carbocycles. The zero-order chi connectivity index (χ0) is 15.6. The second-order valence-corrected chi connectivity index (χ2v) is 6.21. The fourth-order valence-electron chi connectivity index (χ4n) is 2.60. The van der Waals surface area contributed by atoms with Crippen molar-refractivity contribution in [3.63, 3.8) is 0 Å². The maximum absolute atomic E-state index is 5.82. The molecule has 0 bridgehead atoms. The second kappa shape index (κ2) is 17.8. The molecule has 1 nitrogen and oxygen atoms in total. The van der Waals surface area contributed by atoms with Crippen LogP contribution in [0.5, 0.6) is 0 Å². The lowest BCUT2D eigenvalue weighted by atomic mass is 10.1. The van der Waals surface area contributed by atoms with Crippen molar-refractivity contribution in [1.29, 1.82) is 0 Å².